The lowest BCUT2D eigenvalue weighted by atomic mass is 10.1. The number of aliphatic hydroxyl groups is 1. The van der Waals surface area contributed by atoms with Gasteiger partial charge in [0.15, 0.2) is 0 Å². The summed E-state index contributed by atoms with van der Waals surface area (Å²) in [5, 5.41) is 17.4. The second-order valence-corrected chi connectivity index (χ2v) is 9.99. The summed E-state index contributed by atoms with van der Waals surface area (Å²) in [7, 11) is 2.94. The van der Waals surface area contributed by atoms with Gasteiger partial charge in [-0.15, -0.1) is 0 Å². The van der Waals surface area contributed by atoms with Crippen molar-refractivity contribution in [2.75, 3.05) is 38.8 Å². The van der Waals surface area contributed by atoms with Crippen molar-refractivity contribution in [2.24, 2.45) is 0 Å². The molecule has 1 aliphatic rings. The van der Waals surface area contributed by atoms with Crippen molar-refractivity contribution in [2.45, 2.75) is 32.1 Å². The molecule has 4 aromatic rings. The van der Waals surface area contributed by atoms with Crippen LogP contribution >= 0.6 is 0 Å². The third kappa shape index (κ3) is 5.51. The average molecular weight is 586 g/mol. The van der Waals surface area contributed by atoms with Crippen LogP contribution < -0.4 is 25.2 Å². The molecule has 2 N–H and O–H groups in total. The van der Waals surface area contributed by atoms with Crippen LogP contribution in [0, 0.1) is 0 Å². The van der Waals surface area contributed by atoms with Gasteiger partial charge in [-0.1, -0.05) is 0 Å². The fourth-order valence-electron chi connectivity index (χ4n) is 5.35. The Morgan fingerprint density at radius 1 is 1.12 bits per heavy atom. The topological polar surface area (TPSA) is 111 Å². The largest absolute Gasteiger partial charge is 0.497 e. The molecular formula is C29H30F3N5O5. The molecule has 0 saturated carbocycles. The molecule has 1 amide bonds. The number of nitrogens with zero attached hydrogens (tertiary/aromatic N) is 4. The molecule has 0 radical (unpaired) electrons. The molecule has 222 valence electrons. The Bertz CT molecular complexity index is 1680. The predicted molar refractivity (Wildman–Crippen MR) is 150 cm³/mol. The number of rotatable bonds is 8. The fraction of sp³-hybridized carbons (Fsp3) is 0.345. The predicted octanol–water partition coefficient (Wildman–Crippen LogP) is 3.60. The highest BCUT2D eigenvalue weighted by atomic mass is 19.4. The van der Waals surface area contributed by atoms with Crippen molar-refractivity contribution >= 4 is 22.5 Å². The Balaban J connectivity index is 1.76. The number of carbonyl (C=O) groups is 1. The molecule has 2 aromatic carbocycles. The number of methoxy groups -OCH3 is 2. The maximum absolute atomic E-state index is 14.4. The Morgan fingerprint density at radius 2 is 1.83 bits per heavy atom. The van der Waals surface area contributed by atoms with Crippen LogP contribution in [0.2, 0.25) is 0 Å². The van der Waals surface area contributed by atoms with Crippen LogP contribution in [0.1, 0.15) is 18.9 Å². The third-order valence-corrected chi connectivity index (χ3v) is 7.26. The molecule has 1 aliphatic heterocycles. The lowest BCUT2D eigenvalue weighted by molar-refractivity contribution is -0.137. The number of hydrogen-bond acceptors (Lipinski definition) is 7. The second-order valence-electron chi connectivity index (χ2n) is 9.99. The number of hydrogen-bond donors (Lipinski definition) is 2. The van der Waals surface area contributed by atoms with E-state index in [1.54, 1.807) is 30.5 Å². The Morgan fingerprint density at radius 3 is 2.45 bits per heavy atom. The SMILES string of the molecule is COc1cc(OC)cc(-c2nn(-c3cc(N4CCC(NC(C)=O)C4)ccc3C(F)(F)F)c(=O)c3c2ccn3CCO)c1. The summed E-state index contributed by atoms with van der Waals surface area (Å²) < 4.78 is 56.2. The first-order chi connectivity index (χ1) is 20.0. The van der Waals surface area contributed by atoms with E-state index in [0.29, 0.717) is 47.6 Å². The van der Waals surface area contributed by atoms with Crippen molar-refractivity contribution in [3.63, 3.8) is 0 Å². The highest BCUT2D eigenvalue weighted by Gasteiger charge is 2.36. The van der Waals surface area contributed by atoms with E-state index < -0.39 is 23.0 Å². The molecule has 5 rings (SSSR count). The molecular weight excluding hydrogens is 555 g/mol. The van der Waals surface area contributed by atoms with E-state index in [0.717, 1.165) is 10.7 Å². The van der Waals surface area contributed by atoms with Gasteiger partial charge in [-0.25, -0.2) is 0 Å². The molecule has 10 nitrogen and oxygen atoms in total. The minimum Gasteiger partial charge on any atom is -0.497 e. The van der Waals surface area contributed by atoms with Gasteiger partial charge in [0.2, 0.25) is 5.91 Å². The third-order valence-electron chi connectivity index (χ3n) is 7.26. The lowest BCUT2D eigenvalue weighted by Crippen LogP contribution is -2.35. The number of halogens is 3. The average Bonchev–Trinajstić information content (AvgIpc) is 3.60. The summed E-state index contributed by atoms with van der Waals surface area (Å²) in [5.41, 5.74) is -1.04. The summed E-state index contributed by atoms with van der Waals surface area (Å²) in [4.78, 5) is 27.3. The summed E-state index contributed by atoms with van der Waals surface area (Å²) >= 11 is 0. The molecule has 2 aromatic heterocycles. The summed E-state index contributed by atoms with van der Waals surface area (Å²) in [6.07, 6.45) is -2.58. The van der Waals surface area contributed by atoms with Gasteiger partial charge in [-0.2, -0.15) is 23.0 Å². The first-order valence-electron chi connectivity index (χ1n) is 13.2. The highest BCUT2D eigenvalue weighted by Crippen LogP contribution is 2.38. The number of aromatic nitrogens is 3. The molecule has 13 heteroatoms. The highest BCUT2D eigenvalue weighted by molar-refractivity contribution is 5.93. The van der Waals surface area contributed by atoms with Gasteiger partial charge in [0.1, 0.15) is 22.7 Å². The zero-order chi connectivity index (χ0) is 30.2. The standard InChI is InChI=1S/C29H30F3N5O5/c1-17(39)33-19-6-8-36(16-19)20-4-5-24(29(30,31)32)25(14-20)37-28(40)27-23(7-9-35(27)10-11-38)26(34-37)18-12-21(41-2)15-22(13-18)42-3/h4-5,7,9,12-15,19,38H,6,8,10-11,16H2,1-3H3,(H,33,39). The number of fused-ring (bicyclic) bond motifs is 1. The molecule has 3 heterocycles. The number of anilines is 1. The van der Waals surface area contributed by atoms with Gasteiger partial charge < -0.3 is 29.4 Å². The lowest BCUT2D eigenvalue weighted by Gasteiger charge is -2.22. The van der Waals surface area contributed by atoms with Crippen LogP contribution in [0.25, 0.3) is 27.8 Å². The Labute approximate surface area is 238 Å². The molecule has 42 heavy (non-hydrogen) atoms. The number of ether oxygens (including phenoxy) is 2. The second kappa shape index (κ2) is 11.4. The van der Waals surface area contributed by atoms with Crippen LogP contribution in [0.3, 0.4) is 0 Å². The maximum atomic E-state index is 14.4. The van der Waals surface area contributed by atoms with E-state index in [1.807, 2.05) is 4.90 Å². The van der Waals surface area contributed by atoms with Crippen LogP contribution in [0.15, 0.2) is 53.5 Å². The number of alkyl halides is 3. The van der Waals surface area contributed by atoms with E-state index in [9.17, 15) is 27.9 Å². The van der Waals surface area contributed by atoms with Crippen molar-refractivity contribution in [3.8, 4) is 28.4 Å². The van der Waals surface area contributed by atoms with Gasteiger partial charge in [-0.3, -0.25) is 9.59 Å². The van der Waals surface area contributed by atoms with Crippen molar-refractivity contribution < 1.29 is 32.5 Å². The van der Waals surface area contributed by atoms with E-state index >= 15 is 0 Å². The van der Waals surface area contributed by atoms with E-state index in [4.69, 9.17) is 9.47 Å². The smallest absolute Gasteiger partial charge is 0.418 e. The van der Waals surface area contributed by atoms with Gasteiger partial charge in [0.05, 0.1) is 32.1 Å². The Hall–Kier alpha value is -4.52. The molecule has 1 atom stereocenters. The summed E-state index contributed by atoms with van der Waals surface area (Å²) in [6.45, 7) is 2.08. The van der Waals surface area contributed by atoms with Crippen LogP contribution in [0.5, 0.6) is 11.5 Å². The minimum atomic E-state index is -4.79. The number of amides is 1. The fourth-order valence-corrected chi connectivity index (χ4v) is 5.35. The number of nitrogens with one attached hydrogen (secondary N) is 1. The van der Waals surface area contributed by atoms with Gasteiger partial charge in [-0.05, 0) is 42.8 Å². The Kier molecular flexibility index (Phi) is 7.87. The van der Waals surface area contributed by atoms with Gasteiger partial charge >= 0.3 is 6.18 Å². The zero-order valence-corrected chi connectivity index (χ0v) is 23.2. The molecule has 0 spiro atoms. The molecule has 1 unspecified atom stereocenters. The van der Waals surface area contributed by atoms with E-state index in [1.165, 1.54) is 37.8 Å². The maximum Gasteiger partial charge on any atom is 0.418 e. The van der Waals surface area contributed by atoms with Gasteiger partial charge in [0.25, 0.3) is 5.56 Å². The first-order valence-corrected chi connectivity index (χ1v) is 13.2. The van der Waals surface area contributed by atoms with E-state index in [-0.39, 0.29) is 36.3 Å². The zero-order valence-electron chi connectivity index (χ0n) is 23.2. The normalized spacial score (nSPS) is 15.3. The van der Waals surface area contributed by atoms with E-state index in [2.05, 4.69) is 10.4 Å². The number of carbonyl (C=O) groups excluding carboxylic acids is 1. The quantitative estimate of drug-likeness (QED) is 0.325. The number of aliphatic hydroxyl groups excluding tert-OH is 1. The van der Waals surface area contributed by atoms with Crippen LogP contribution in [-0.2, 0) is 17.5 Å². The van der Waals surface area contributed by atoms with Crippen LogP contribution in [-0.4, -0.2) is 65.3 Å². The van der Waals surface area contributed by atoms with Gasteiger partial charge in [0, 0.05) is 61.5 Å². The molecule has 1 fully saturated rings. The molecule has 0 bridgehead atoms. The number of benzene rings is 2. The first kappa shape index (κ1) is 29.0. The van der Waals surface area contributed by atoms with Crippen molar-refractivity contribution in [1.29, 1.82) is 0 Å². The molecule has 1 saturated heterocycles. The summed E-state index contributed by atoms with van der Waals surface area (Å²) in [5.74, 6) is 0.659. The van der Waals surface area contributed by atoms with Crippen molar-refractivity contribution in [1.82, 2.24) is 19.7 Å². The molecule has 0 aliphatic carbocycles. The summed E-state index contributed by atoms with van der Waals surface area (Å²) in [6, 6.07) is 10.0. The minimum absolute atomic E-state index is 0.0497. The monoisotopic (exact) mass is 585 g/mol. The van der Waals surface area contributed by atoms with Crippen molar-refractivity contribution in [3.05, 3.63) is 64.6 Å². The van der Waals surface area contributed by atoms with Crippen LogP contribution in [0.4, 0.5) is 18.9 Å².